The van der Waals surface area contributed by atoms with E-state index >= 15 is 0 Å². The Bertz CT molecular complexity index is 846. The Labute approximate surface area is 196 Å². The molecule has 5 unspecified atom stereocenters. The number of aliphatic hydroxyl groups excluding tert-OH is 1. The average molecular weight is 484 g/mol. The van der Waals surface area contributed by atoms with E-state index in [1.165, 1.54) is 12.5 Å². The van der Waals surface area contributed by atoms with E-state index in [0.29, 0.717) is 12.1 Å². The van der Waals surface area contributed by atoms with Crippen LogP contribution in [0.25, 0.3) is 0 Å². The number of hydrogen-bond donors (Lipinski definition) is 8. The Morgan fingerprint density at radius 2 is 1.71 bits per heavy atom. The molecule has 0 radical (unpaired) electrons. The fourth-order valence-corrected chi connectivity index (χ4v) is 2.96. The van der Waals surface area contributed by atoms with E-state index < -0.39 is 66.3 Å². The number of nitrogens with two attached hydrogens (primary N) is 2. The maximum absolute atomic E-state index is 12.7. The quantitative estimate of drug-likeness (QED) is 0.127. The third kappa shape index (κ3) is 9.15. The smallest absolute Gasteiger partial charge is 0.326 e. The topological polar surface area (TPSA) is 243 Å². The van der Waals surface area contributed by atoms with Gasteiger partial charge in [-0.05, 0) is 12.3 Å². The van der Waals surface area contributed by atoms with E-state index in [4.69, 9.17) is 11.5 Å². The number of aliphatic carboxylic acids is 1. The molecular formula is C20H33N7O7. The molecule has 1 aromatic heterocycles. The van der Waals surface area contributed by atoms with Crippen molar-refractivity contribution in [2.75, 3.05) is 6.61 Å². The Morgan fingerprint density at radius 3 is 2.21 bits per heavy atom. The number of aliphatic hydroxyl groups is 1. The minimum absolute atomic E-state index is 0.0986. The van der Waals surface area contributed by atoms with Crippen LogP contribution in [0.5, 0.6) is 0 Å². The third-order valence-electron chi connectivity index (χ3n) is 5.24. The van der Waals surface area contributed by atoms with Crippen LogP contribution in [-0.4, -0.2) is 80.6 Å². The number of hydrogen-bond acceptors (Lipinski definition) is 8. The number of nitrogens with one attached hydrogen (secondary N) is 4. The summed E-state index contributed by atoms with van der Waals surface area (Å²) >= 11 is 0. The second-order valence-corrected chi connectivity index (χ2v) is 7.91. The van der Waals surface area contributed by atoms with Gasteiger partial charge in [0.2, 0.25) is 23.6 Å². The molecule has 5 atom stereocenters. The average Bonchev–Trinajstić information content (AvgIpc) is 3.29. The number of carboxylic acids is 1. The molecule has 0 aromatic carbocycles. The van der Waals surface area contributed by atoms with Crippen LogP contribution in [0.1, 0.15) is 38.8 Å². The first kappa shape index (κ1) is 28.5. The van der Waals surface area contributed by atoms with Gasteiger partial charge >= 0.3 is 5.97 Å². The van der Waals surface area contributed by atoms with Gasteiger partial charge in [-0.25, -0.2) is 9.78 Å². The number of imidazole rings is 1. The fraction of sp³-hybridized carbons (Fsp3) is 0.600. The normalized spacial score (nSPS) is 15.3. The number of nitrogens with zero attached hydrogens (tertiary/aromatic N) is 1. The Kier molecular flexibility index (Phi) is 11.7. The molecule has 0 aliphatic heterocycles. The van der Waals surface area contributed by atoms with Crippen LogP contribution >= 0.6 is 0 Å². The van der Waals surface area contributed by atoms with Crippen LogP contribution in [-0.2, 0) is 30.4 Å². The Balaban J connectivity index is 2.87. The second-order valence-electron chi connectivity index (χ2n) is 7.91. The highest BCUT2D eigenvalue weighted by molar-refractivity contribution is 5.94. The van der Waals surface area contributed by atoms with E-state index in [0.717, 1.165) is 0 Å². The molecule has 0 saturated heterocycles. The molecular weight excluding hydrogens is 450 g/mol. The highest BCUT2D eigenvalue weighted by Gasteiger charge is 2.32. The number of amides is 4. The van der Waals surface area contributed by atoms with Crippen LogP contribution in [0, 0.1) is 5.92 Å². The van der Waals surface area contributed by atoms with Crippen molar-refractivity contribution >= 4 is 29.6 Å². The molecule has 0 aliphatic carbocycles. The molecule has 0 saturated carbocycles. The first-order valence-electron chi connectivity index (χ1n) is 10.8. The number of carbonyl (C=O) groups is 5. The molecule has 1 heterocycles. The van der Waals surface area contributed by atoms with E-state index in [9.17, 15) is 34.2 Å². The fourth-order valence-electron chi connectivity index (χ4n) is 2.96. The van der Waals surface area contributed by atoms with Gasteiger partial charge < -0.3 is 42.6 Å². The lowest BCUT2D eigenvalue weighted by molar-refractivity contribution is -0.144. The number of primary amides is 1. The number of carbonyl (C=O) groups excluding carboxylic acids is 4. The van der Waals surface area contributed by atoms with Gasteiger partial charge in [0.15, 0.2) is 0 Å². The summed E-state index contributed by atoms with van der Waals surface area (Å²) in [5.74, 6) is -4.90. The summed E-state index contributed by atoms with van der Waals surface area (Å²) in [5.41, 5.74) is 11.5. The minimum Gasteiger partial charge on any atom is -0.480 e. The lowest BCUT2D eigenvalue weighted by Gasteiger charge is -2.26. The molecule has 190 valence electrons. The molecule has 0 bridgehead atoms. The van der Waals surface area contributed by atoms with Crippen molar-refractivity contribution in [3.8, 4) is 0 Å². The van der Waals surface area contributed by atoms with Crippen LogP contribution in [0.3, 0.4) is 0 Å². The molecule has 10 N–H and O–H groups in total. The lowest BCUT2D eigenvalue weighted by atomic mass is 9.98. The van der Waals surface area contributed by atoms with Gasteiger partial charge in [-0.1, -0.05) is 20.3 Å². The molecule has 1 aromatic rings. The van der Waals surface area contributed by atoms with Gasteiger partial charge in [-0.15, -0.1) is 0 Å². The summed E-state index contributed by atoms with van der Waals surface area (Å²) in [4.78, 5) is 67.1. The van der Waals surface area contributed by atoms with Crippen molar-refractivity contribution in [1.29, 1.82) is 0 Å². The van der Waals surface area contributed by atoms with Gasteiger partial charge in [0.05, 0.1) is 19.0 Å². The summed E-state index contributed by atoms with van der Waals surface area (Å²) in [6.45, 7) is 2.59. The zero-order valence-electron chi connectivity index (χ0n) is 19.1. The number of rotatable bonds is 15. The zero-order valence-corrected chi connectivity index (χ0v) is 19.1. The van der Waals surface area contributed by atoms with E-state index in [2.05, 4.69) is 25.9 Å². The molecule has 0 aliphatic rings. The highest BCUT2D eigenvalue weighted by atomic mass is 16.4. The molecule has 34 heavy (non-hydrogen) atoms. The van der Waals surface area contributed by atoms with Crippen molar-refractivity contribution in [2.24, 2.45) is 17.4 Å². The van der Waals surface area contributed by atoms with Crippen molar-refractivity contribution in [2.45, 2.75) is 63.7 Å². The SMILES string of the molecule is CCC(C)C(NC(=O)C(CCC(N)=O)NC(=O)C(CO)NC(=O)C(N)Cc1cnc[nH]1)C(=O)O. The summed E-state index contributed by atoms with van der Waals surface area (Å²) in [6.07, 6.45) is 2.97. The van der Waals surface area contributed by atoms with Crippen LogP contribution in [0.2, 0.25) is 0 Å². The molecule has 4 amide bonds. The standard InChI is InChI=1S/C20H33N7O7/c1-3-10(2)16(20(33)34)27-18(31)13(4-5-15(22)29)25-19(32)14(8-28)26-17(30)12(21)6-11-7-23-9-24-11/h7,9-10,12-14,16,28H,3-6,8,21H2,1-2H3,(H2,22,29)(H,23,24)(H,25,32)(H,26,30)(H,27,31)(H,33,34). The highest BCUT2D eigenvalue weighted by Crippen LogP contribution is 2.09. The van der Waals surface area contributed by atoms with Gasteiger partial charge in [0.1, 0.15) is 18.1 Å². The number of H-pyrrole nitrogens is 1. The number of carboxylic acid groups (broad SMARTS) is 1. The van der Waals surface area contributed by atoms with Crippen molar-refractivity contribution in [3.63, 3.8) is 0 Å². The summed E-state index contributed by atoms with van der Waals surface area (Å²) in [5, 5.41) is 26.0. The number of aromatic nitrogens is 2. The zero-order chi connectivity index (χ0) is 25.8. The van der Waals surface area contributed by atoms with Crippen LogP contribution in [0.15, 0.2) is 12.5 Å². The lowest BCUT2D eigenvalue weighted by Crippen LogP contribution is -2.58. The molecule has 0 fully saturated rings. The minimum atomic E-state index is -1.45. The Hall–Kier alpha value is -3.52. The first-order chi connectivity index (χ1) is 16.0. The molecule has 0 spiro atoms. The van der Waals surface area contributed by atoms with E-state index in [-0.39, 0.29) is 19.3 Å². The maximum atomic E-state index is 12.7. The molecule has 14 nitrogen and oxygen atoms in total. The predicted molar refractivity (Wildman–Crippen MR) is 119 cm³/mol. The largest absolute Gasteiger partial charge is 0.480 e. The van der Waals surface area contributed by atoms with Gasteiger partial charge in [-0.3, -0.25) is 19.2 Å². The van der Waals surface area contributed by atoms with Crippen molar-refractivity contribution in [1.82, 2.24) is 25.9 Å². The third-order valence-corrected chi connectivity index (χ3v) is 5.24. The summed E-state index contributed by atoms with van der Waals surface area (Å²) in [7, 11) is 0. The van der Waals surface area contributed by atoms with Gasteiger partial charge in [0, 0.05) is 24.7 Å². The monoisotopic (exact) mass is 483 g/mol. The van der Waals surface area contributed by atoms with Gasteiger partial charge in [0.25, 0.3) is 0 Å². The second kappa shape index (κ2) is 13.9. The van der Waals surface area contributed by atoms with Crippen LogP contribution < -0.4 is 27.4 Å². The van der Waals surface area contributed by atoms with Crippen molar-refractivity contribution < 1.29 is 34.2 Å². The maximum Gasteiger partial charge on any atom is 0.326 e. The predicted octanol–water partition coefficient (Wildman–Crippen LogP) is -2.88. The molecule has 1 rings (SSSR count). The summed E-state index contributed by atoms with van der Waals surface area (Å²) in [6, 6.07) is -5.06. The van der Waals surface area contributed by atoms with Crippen LogP contribution in [0.4, 0.5) is 0 Å². The van der Waals surface area contributed by atoms with Crippen molar-refractivity contribution in [3.05, 3.63) is 18.2 Å². The number of aromatic amines is 1. The van der Waals surface area contributed by atoms with E-state index in [1.54, 1.807) is 13.8 Å². The van der Waals surface area contributed by atoms with Gasteiger partial charge in [-0.2, -0.15) is 0 Å². The first-order valence-corrected chi connectivity index (χ1v) is 10.8. The summed E-state index contributed by atoms with van der Waals surface area (Å²) < 4.78 is 0. The molecule has 14 heteroatoms. The van der Waals surface area contributed by atoms with E-state index in [1.807, 2.05) is 0 Å². The Morgan fingerprint density at radius 1 is 1.09 bits per heavy atom.